The summed E-state index contributed by atoms with van der Waals surface area (Å²) in [4.78, 5) is 30.3. The Bertz CT molecular complexity index is 1100. The number of aryl methyl sites for hydroxylation is 2. The van der Waals surface area contributed by atoms with Crippen molar-refractivity contribution in [3.63, 3.8) is 0 Å². The predicted molar refractivity (Wildman–Crippen MR) is 113 cm³/mol. The molecule has 0 bridgehead atoms. The van der Waals surface area contributed by atoms with Gasteiger partial charge in [0.25, 0.3) is 5.56 Å². The van der Waals surface area contributed by atoms with Crippen LogP contribution in [0.25, 0.3) is 11.2 Å². The van der Waals surface area contributed by atoms with E-state index in [1.807, 2.05) is 6.07 Å². The molecule has 0 atom stereocenters. The molecule has 3 aromatic rings. The summed E-state index contributed by atoms with van der Waals surface area (Å²) in [5, 5.41) is 3.85. The maximum absolute atomic E-state index is 13.1. The molecule has 0 aliphatic rings. The van der Waals surface area contributed by atoms with Gasteiger partial charge in [-0.15, -0.1) is 0 Å². The number of halogens is 1. The van der Waals surface area contributed by atoms with E-state index < -0.39 is 5.69 Å². The lowest BCUT2D eigenvalue weighted by Gasteiger charge is -2.09. The second-order valence-corrected chi connectivity index (χ2v) is 7.45. The minimum atomic E-state index is -0.398. The summed E-state index contributed by atoms with van der Waals surface area (Å²) in [6.07, 6.45) is 4.57. The van der Waals surface area contributed by atoms with Crippen molar-refractivity contribution in [1.82, 2.24) is 18.7 Å². The smallest absolute Gasteiger partial charge is 0.332 e. The molecule has 3 rings (SSSR count). The number of aromatic nitrogens is 4. The lowest BCUT2D eigenvalue weighted by Crippen LogP contribution is -2.39. The van der Waals surface area contributed by atoms with Gasteiger partial charge in [-0.3, -0.25) is 13.9 Å². The zero-order valence-corrected chi connectivity index (χ0v) is 17.3. The van der Waals surface area contributed by atoms with Crippen molar-refractivity contribution in [3.05, 3.63) is 55.7 Å². The van der Waals surface area contributed by atoms with E-state index in [0.717, 1.165) is 24.9 Å². The Balaban J connectivity index is 1.98. The van der Waals surface area contributed by atoms with Gasteiger partial charge in [-0.2, -0.15) is 4.98 Å². The van der Waals surface area contributed by atoms with E-state index in [9.17, 15) is 9.59 Å². The maximum atomic E-state index is 13.1. The molecule has 0 radical (unpaired) electrons. The third-order valence-electron chi connectivity index (χ3n) is 4.90. The fourth-order valence-corrected chi connectivity index (χ4v) is 3.52. The summed E-state index contributed by atoms with van der Waals surface area (Å²) < 4.78 is 4.37. The van der Waals surface area contributed by atoms with Crippen LogP contribution in [0.3, 0.4) is 0 Å². The Morgan fingerprint density at radius 2 is 1.89 bits per heavy atom. The van der Waals surface area contributed by atoms with Gasteiger partial charge in [0, 0.05) is 25.7 Å². The second-order valence-electron chi connectivity index (χ2n) is 7.02. The van der Waals surface area contributed by atoms with Gasteiger partial charge >= 0.3 is 5.69 Å². The first-order chi connectivity index (χ1) is 13.4. The monoisotopic (exact) mass is 403 g/mol. The van der Waals surface area contributed by atoms with Crippen molar-refractivity contribution in [2.45, 2.75) is 39.2 Å². The first kappa shape index (κ1) is 20.2. The Labute approximate surface area is 168 Å². The number of benzene rings is 1. The van der Waals surface area contributed by atoms with Gasteiger partial charge in [-0.05, 0) is 24.1 Å². The van der Waals surface area contributed by atoms with Crippen molar-refractivity contribution >= 4 is 28.7 Å². The summed E-state index contributed by atoms with van der Waals surface area (Å²) in [6.45, 7) is 3.11. The lowest BCUT2D eigenvalue weighted by atomic mass is 10.2. The standard InChI is InChI=1S/C20H26ClN5O2/c1-4-5-6-7-11-22-19-23-17-16(24(19)2)18(27)26(20(28)25(17)3)13-14-9-8-10-15(21)12-14/h8-10,12H,4-7,11,13H2,1-3H3,(H,22,23). The Morgan fingerprint density at radius 1 is 1.11 bits per heavy atom. The Kier molecular flexibility index (Phi) is 6.24. The SMILES string of the molecule is CCCCCCNc1nc2c(c(=O)n(Cc3cccc(Cl)c3)c(=O)n2C)n1C. The highest BCUT2D eigenvalue weighted by Crippen LogP contribution is 2.15. The molecule has 8 heteroatoms. The average molecular weight is 404 g/mol. The first-order valence-electron chi connectivity index (χ1n) is 9.58. The number of hydrogen-bond donors (Lipinski definition) is 1. The van der Waals surface area contributed by atoms with Crippen LogP contribution in [0, 0.1) is 0 Å². The quantitative estimate of drug-likeness (QED) is 0.586. The molecule has 0 aliphatic carbocycles. The van der Waals surface area contributed by atoms with Gasteiger partial charge < -0.3 is 9.88 Å². The molecule has 1 aromatic carbocycles. The zero-order chi connectivity index (χ0) is 20.3. The van der Waals surface area contributed by atoms with Gasteiger partial charge in [-0.25, -0.2) is 4.79 Å². The highest BCUT2D eigenvalue weighted by Gasteiger charge is 2.18. The number of unbranched alkanes of at least 4 members (excludes halogenated alkanes) is 3. The number of fused-ring (bicyclic) bond motifs is 1. The van der Waals surface area contributed by atoms with E-state index in [1.54, 1.807) is 36.9 Å². The van der Waals surface area contributed by atoms with Crippen LogP contribution in [0.1, 0.15) is 38.2 Å². The number of nitrogens with zero attached hydrogens (tertiary/aromatic N) is 4. The summed E-state index contributed by atoms with van der Waals surface area (Å²) in [7, 11) is 3.43. The number of hydrogen-bond acceptors (Lipinski definition) is 4. The summed E-state index contributed by atoms with van der Waals surface area (Å²) in [6, 6.07) is 7.16. The zero-order valence-electron chi connectivity index (χ0n) is 16.5. The van der Waals surface area contributed by atoms with E-state index >= 15 is 0 Å². The molecule has 2 heterocycles. The van der Waals surface area contributed by atoms with Gasteiger partial charge in [-0.1, -0.05) is 49.9 Å². The van der Waals surface area contributed by atoms with Crippen LogP contribution in [0.4, 0.5) is 5.95 Å². The van der Waals surface area contributed by atoms with Crippen LogP contribution in [-0.2, 0) is 20.6 Å². The van der Waals surface area contributed by atoms with Crippen LogP contribution in [0.15, 0.2) is 33.9 Å². The highest BCUT2D eigenvalue weighted by molar-refractivity contribution is 6.30. The Morgan fingerprint density at radius 3 is 2.61 bits per heavy atom. The van der Waals surface area contributed by atoms with Crippen molar-refractivity contribution < 1.29 is 0 Å². The van der Waals surface area contributed by atoms with Crippen molar-refractivity contribution in [2.75, 3.05) is 11.9 Å². The molecule has 28 heavy (non-hydrogen) atoms. The van der Waals surface area contributed by atoms with Gasteiger partial charge in [0.05, 0.1) is 6.54 Å². The fourth-order valence-electron chi connectivity index (χ4n) is 3.31. The van der Waals surface area contributed by atoms with E-state index in [4.69, 9.17) is 11.6 Å². The van der Waals surface area contributed by atoms with Crippen molar-refractivity contribution in [2.24, 2.45) is 14.1 Å². The normalized spacial score (nSPS) is 11.3. The third kappa shape index (κ3) is 3.99. The van der Waals surface area contributed by atoms with E-state index in [0.29, 0.717) is 22.1 Å². The molecule has 0 aliphatic heterocycles. The third-order valence-corrected chi connectivity index (χ3v) is 5.14. The summed E-state index contributed by atoms with van der Waals surface area (Å²) in [5.41, 5.74) is 0.829. The number of imidazole rings is 1. The fraction of sp³-hybridized carbons (Fsp3) is 0.450. The van der Waals surface area contributed by atoms with E-state index in [1.165, 1.54) is 22.0 Å². The lowest BCUT2D eigenvalue weighted by molar-refractivity contribution is 0.655. The maximum Gasteiger partial charge on any atom is 0.332 e. The minimum Gasteiger partial charge on any atom is -0.356 e. The van der Waals surface area contributed by atoms with Gasteiger partial charge in [0.2, 0.25) is 5.95 Å². The molecule has 0 saturated carbocycles. The molecule has 0 unspecified atom stereocenters. The van der Waals surface area contributed by atoms with Crippen LogP contribution in [0.2, 0.25) is 5.02 Å². The number of nitrogens with one attached hydrogen (secondary N) is 1. The Hall–Kier alpha value is -2.54. The second kappa shape index (κ2) is 8.65. The molecule has 0 amide bonds. The molecular weight excluding hydrogens is 378 g/mol. The van der Waals surface area contributed by atoms with Crippen LogP contribution >= 0.6 is 11.6 Å². The van der Waals surface area contributed by atoms with E-state index in [2.05, 4.69) is 17.2 Å². The summed E-state index contributed by atoms with van der Waals surface area (Å²) in [5.74, 6) is 0.596. The molecule has 0 saturated heterocycles. The molecule has 1 N–H and O–H groups in total. The molecule has 0 fully saturated rings. The van der Waals surface area contributed by atoms with Crippen LogP contribution in [-0.4, -0.2) is 25.2 Å². The average Bonchev–Trinajstić information content (AvgIpc) is 3.00. The topological polar surface area (TPSA) is 73.8 Å². The molecule has 2 aromatic heterocycles. The molecule has 0 spiro atoms. The van der Waals surface area contributed by atoms with E-state index in [-0.39, 0.29) is 12.1 Å². The van der Waals surface area contributed by atoms with Crippen molar-refractivity contribution in [1.29, 1.82) is 0 Å². The largest absolute Gasteiger partial charge is 0.356 e. The molecule has 150 valence electrons. The predicted octanol–water partition coefficient (Wildman–Crippen LogP) is 3.13. The van der Waals surface area contributed by atoms with Crippen LogP contribution < -0.4 is 16.6 Å². The highest BCUT2D eigenvalue weighted by atomic mass is 35.5. The van der Waals surface area contributed by atoms with Crippen molar-refractivity contribution in [3.8, 4) is 0 Å². The number of anilines is 1. The minimum absolute atomic E-state index is 0.160. The first-order valence-corrected chi connectivity index (χ1v) is 9.96. The van der Waals surface area contributed by atoms with Gasteiger partial charge in [0.1, 0.15) is 0 Å². The summed E-state index contributed by atoms with van der Waals surface area (Å²) >= 11 is 6.03. The van der Waals surface area contributed by atoms with Crippen LogP contribution in [0.5, 0.6) is 0 Å². The molecular formula is C20H26ClN5O2. The van der Waals surface area contributed by atoms with Gasteiger partial charge in [0.15, 0.2) is 11.2 Å². The number of rotatable bonds is 8. The molecule has 7 nitrogen and oxygen atoms in total.